The first kappa shape index (κ1) is 15.9. The fourth-order valence-electron chi connectivity index (χ4n) is 4.35. The summed E-state index contributed by atoms with van der Waals surface area (Å²) in [7, 11) is 0. The molecule has 1 saturated carbocycles. The van der Waals surface area contributed by atoms with Crippen molar-refractivity contribution in [2.45, 2.75) is 25.0 Å². The highest BCUT2D eigenvalue weighted by atomic mass is 32.1. The van der Waals surface area contributed by atoms with Crippen LogP contribution in [-0.4, -0.2) is 50.3 Å². The SMILES string of the molecule is O[C@@H]1C[C@H]2CN(c3ncnc4sccc34)C[C@H]2C[C@H]1Nc1cnccn1. The number of thiophene rings is 1. The van der Waals surface area contributed by atoms with Crippen LogP contribution in [0.5, 0.6) is 0 Å². The number of anilines is 2. The highest BCUT2D eigenvalue weighted by Gasteiger charge is 2.42. The van der Waals surface area contributed by atoms with Crippen molar-refractivity contribution in [3.05, 3.63) is 36.4 Å². The second kappa shape index (κ2) is 6.44. The Balaban J connectivity index is 1.34. The minimum absolute atomic E-state index is 0.0134. The van der Waals surface area contributed by atoms with Gasteiger partial charge in [-0.25, -0.2) is 15.0 Å². The Hall–Kier alpha value is -2.32. The maximum atomic E-state index is 10.6. The highest BCUT2D eigenvalue weighted by Crippen LogP contribution is 2.40. The fourth-order valence-corrected chi connectivity index (χ4v) is 5.08. The van der Waals surface area contributed by atoms with Crippen LogP contribution in [0, 0.1) is 11.8 Å². The van der Waals surface area contributed by atoms with Crippen molar-refractivity contribution < 1.29 is 5.11 Å². The van der Waals surface area contributed by atoms with Crippen molar-refractivity contribution in [1.82, 2.24) is 19.9 Å². The monoisotopic (exact) mass is 368 g/mol. The number of aromatic nitrogens is 4. The Morgan fingerprint density at radius 1 is 1.12 bits per heavy atom. The van der Waals surface area contributed by atoms with Gasteiger partial charge in [-0.3, -0.25) is 4.98 Å². The zero-order chi connectivity index (χ0) is 17.5. The van der Waals surface area contributed by atoms with Crippen LogP contribution in [0.4, 0.5) is 11.6 Å². The van der Waals surface area contributed by atoms with Gasteiger partial charge in [0.25, 0.3) is 0 Å². The van der Waals surface area contributed by atoms with Crippen molar-refractivity contribution in [2.24, 2.45) is 11.8 Å². The number of hydrogen-bond donors (Lipinski definition) is 2. The van der Waals surface area contributed by atoms with Crippen LogP contribution in [0.25, 0.3) is 10.2 Å². The van der Waals surface area contributed by atoms with Gasteiger partial charge < -0.3 is 15.3 Å². The molecule has 3 aromatic heterocycles. The maximum Gasteiger partial charge on any atom is 0.144 e. The highest BCUT2D eigenvalue weighted by molar-refractivity contribution is 7.16. The lowest BCUT2D eigenvalue weighted by Gasteiger charge is -2.35. The molecule has 0 bridgehead atoms. The van der Waals surface area contributed by atoms with Gasteiger partial charge in [0.1, 0.15) is 22.8 Å². The van der Waals surface area contributed by atoms with Crippen LogP contribution in [0.3, 0.4) is 0 Å². The van der Waals surface area contributed by atoms with Crippen LogP contribution in [0.1, 0.15) is 12.8 Å². The summed E-state index contributed by atoms with van der Waals surface area (Å²) in [6, 6.07) is 2.12. The number of nitrogens with one attached hydrogen (secondary N) is 1. The van der Waals surface area contributed by atoms with E-state index in [9.17, 15) is 5.11 Å². The Kier molecular flexibility index (Phi) is 3.94. The van der Waals surface area contributed by atoms with E-state index in [2.05, 4.69) is 41.6 Å². The van der Waals surface area contributed by atoms with E-state index in [1.807, 2.05) is 0 Å². The summed E-state index contributed by atoms with van der Waals surface area (Å²) >= 11 is 1.65. The molecule has 4 heterocycles. The van der Waals surface area contributed by atoms with Crippen LogP contribution < -0.4 is 10.2 Å². The third-order valence-electron chi connectivity index (χ3n) is 5.58. The first-order chi connectivity index (χ1) is 12.8. The first-order valence-electron chi connectivity index (χ1n) is 8.91. The van der Waals surface area contributed by atoms with Crippen molar-refractivity contribution in [3.8, 4) is 0 Å². The molecule has 5 rings (SSSR count). The molecule has 0 spiro atoms. The zero-order valence-electron chi connectivity index (χ0n) is 14.2. The van der Waals surface area contributed by atoms with E-state index in [1.54, 1.807) is 36.3 Å². The van der Waals surface area contributed by atoms with E-state index in [4.69, 9.17) is 0 Å². The van der Waals surface area contributed by atoms with Gasteiger partial charge in [0.2, 0.25) is 0 Å². The van der Waals surface area contributed by atoms with Gasteiger partial charge in [0.05, 0.1) is 23.7 Å². The zero-order valence-corrected chi connectivity index (χ0v) is 15.0. The standard InChI is InChI=1S/C18H20N6OS/c25-15-6-12-9-24(17-13-1-4-26-18(13)22-10-21-17)8-11(12)5-14(15)23-16-7-19-2-3-20-16/h1-4,7,10-12,14-15,25H,5-6,8-9H2,(H,20,23)/t11-,12+,14-,15-/m1/s1. The number of hydrogen-bond acceptors (Lipinski definition) is 8. The number of nitrogens with zero attached hydrogens (tertiary/aromatic N) is 5. The number of rotatable bonds is 3. The Morgan fingerprint density at radius 2 is 2.00 bits per heavy atom. The first-order valence-corrected chi connectivity index (χ1v) is 9.79. The summed E-state index contributed by atoms with van der Waals surface area (Å²) in [6.07, 6.45) is 8.04. The molecule has 2 aliphatic rings. The Labute approximate surface area is 155 Å². The van der Waals surface area contributed by atoms with Gasteiger partial charge in [0, 0.05) is 25.5 Å². The molecule has 26 heavy (non-hydrogen) atoms. The summed E-state index contributed by atoms with van der Waals surface area (Å²) in [5, 5.41) is 17.2. The van der Waals surface area contributed by atoms with Gasteiger partial charge >= 0.3 is 0 Å². The molecule has 7 nitrogen and oxygen atoms in total. The molecule has 3 aromatic rings. The molecule has 0 radical (unpaired) electrons. The number of aliphatic hydroxyl groups is 1. The summed E-state index contributed by atoms with van der Waals surface area (Å²) in [5.74, 6) is 2.78. The van der Waals surface area contributed by atoms with E-state index < -0.39 is 0 Å². The molecule has 1 aliphatic carbocycles. The minimum atomic E-state index is -0.371. The second-order valence-electron chi connectivity index (χ2n) is 7.14. The molecular formula is C18H20N6OS. The normalized spacial score (nSPS) is 28.3. The van der Waals surface area contributed by atoms with Crippen molar-refractivity contribution in [2.75, 3.05) is 23.3 Å². The summed E-state index contributed by atoms with van der Waals surface area (Å²) in [4.78, 5) is 20.7. The van der Waals surface area contributed by atoms with E-state index in [0.717, 1.165) is 47.8 Å². The number of aliphatic hydroxyl groups excluding tert-OH is 1. The predicted octanol–water partition coefficient (Wildman–Crippen LogP) is 2.17. The molecule has 8 heteroatoms. The van der Waals surface area contributed by atoms with E-state index in [-0.39, 0.29) is 12.1 Å². The van der Waals surface area contributed by atoms with E-state index in [1.165, 1.54) is 0 Å². The second-order valence-corrected chi connectivity index (χ2v) is 8.04. The predicted molar refractivity (Wildman–Crippen MR) is 101 cm³/mol. The van der Waals surface area contributed by atoms with E-state index in [0.29, 0.717) is 11.8 Å². The number of fused-ring (bicyclic) bond motifs is 2. The smallest absolute Gasteiger partial charge is 0.144 e. The summed E-state index contributed by atoms with van der Waals surface area (Å²) in [6.45, 7) is 1.92. The largest absolute Gasteiger partial charge is 0.391 e. The Morgan fingerprint density at radius 3 is 2.85 bits per heavy atom. The average molecular weight is 368 g/mol. The molecule has 4 atom stereocenters. The third-order valence-corrected chi connectivity index (χ3v) is 6.40. The topological polar surface area (TPSA) is 87.1 Å². The van der Waals surface area contributed by atoms with Crippen molar-refractivity contribution in [1.29, 1.82) is 0 Å². The van der Waals surface area contributed by atoms with Gasteiger partial charge in [-0.1, -0.05) is 0 Å². The third kappa shape index (κ3) is 2.79. The van der Waals surface area contributed by atoms with Crippen molar-refractivity contribution >= 4 is 33.2 Å². The maximum absolute atomic E-state index is 10.6. The molecule has 2 fully saturated rings. The van der Waals surface area contributed by atoms with Gasteiger partial charge in [-0.05, 0) is 36.1 Å². The van der Waals surface area contributed by atoms with Crippen LogP contribution in [0.15, 0.2) is 36.4 Å². The quantitative estimate of drug-likeness (QED) is 0.732. The van der Waals surface area contributed by atoms with Crippen LogP contribution in [-0.2, 0) is 0 Å². The molecule has 0 aromatic carbocycles. The van der Waals surface area contributed by atoms with Gasteiger partial charge in [-0.15, -0.1) is 11.3 Å². The van der Waals surface area contributed by atoms with Crippen LogP contribution >= 0.6 is 11.3 Å². The van der Waals surface area contributed by atoms with Crippen LogP contribution in [0.2, 0.25) is 0 Å². The van der Waals surface area contributed by atoms with Gasteiger partial charge in [0.15, 0.2) is 0 Å². The molecule has 1 aliphatic heterocycles. The average Bonchev–Trinajstić information content (AvgIpc) is 3.29. The fraction of sp³-hybridized carbons (Fsp3) is 0.444. The molecule has 2 N–H and O–H groups in total. The molecule has 1 saturated heterocycles. The Bertz CT molecular complexity index is 903. The molecule has 0 unspecified atom stereocenters. The summed E-state index contributed by atoms with van der Waals surface area (Å²) in [5.41, 5.74) is 0. The van der Waals surface area contributed by atoms with E-state index >= 15 is 0 Å². The lowest BCUT2D eigenvalue weighted by Crippen LogP contribution is -2.43. The van der Waals surface area contributed by atoms with Crippen molar-refractivity contribution in [3.63, 3.8) is 0 Å². The van der Waals surface area contributed by atoms with Gasteiger partial charge in [-0.2, -0.15) is 0 Å². The summed E-state index contributed by atoms with van der Waals surface area (Å²) < 4.78 is 0. The molecule has 0 amide bonds. The lowest BCUT2D eigenvalue weighted by atomic mass is 9.77. The lowest BCUT2D eigenvalue weighted by molar-refractivity contribution is 0.0737. The molecular weight excluding hydrogens is 348 g/mol. The minimum Gasteiger partial charge on any atom is -0.391 e. The molecule has 134 valence electrons.